The van der Waals surface area contributed by atoms with E-state index in [0.717, 1.165) is 25.9 Å². The Morgan fingerprint density at radius 1 is 1.58 bits per heavy atom. The average Bonchev–Trinajstić information content (AvgIpc) is 2.56. The zero-order chi connectivity index (χ0) is 8.97. The van der Waals surface area contributed by atoms with Crippen molar-refractivity contribution in [3.8, 4) is 6.07 Å². The van der Waals surface area contributed by atoms with Gasteiger partial charge in [-0.3, -0.25) is 4.79 Å². The molecule has 0 bridgehead atoms. The van der Waals surface area contributed by atoms with Crippen molar-refractivity contribution in [2.45, 2.75) is 25.3 Å². The molecule has 0 aromatic carbocycles. The quantitative estimate of drug-likeness (QED) is 0.621. The van der Waals surface area contributed by atoms with Gasteiger partial charge in [-0.05, 0) is 12.8 Å². The second-order valence-corrected chi connectivity index (χ2v) is 3.03. The van der Waals surface area contributed by atoms with Gasteiger partial charge in [0.1, 0.15) is 6.04 Å². The summed E-state index contributed by atoms with van der Waals surface area (Å²) in [6, 6.07) is 1.21. The lowest BCUT2D eigenvalue weighted by molar-refractivity contribution is -0.130. The van der Waals surface area contributed by atoms with Crippen LogP contribution in [-0.4, -0.2) is 29.9 Å². The lowest BCUT2D eigenvalue weighted by Crippen LogP contribution is -2.33. The maximum Gasteiger partial charge on any atom is 0.225 e. The van der Waals surface area contributed by atoms with Gasteiger partial charge in [-0.2, -0.15) is 5.26 Å². The summed E-state index contributed by atoms with van der Waals surface area (Å²) >= 11 is 0. The summed E-state index contributed by atoms with van der Waals surface area (Å²) in [5, 5.41) is 8.38. The molecule has 1 fully saturated rings. The van der Waals surface area contributed by atoms with E-state index in [-0.39, 0.29) is 12.3 Å². The molecule has 4 nitrogen and oxygen atoms in total. The van der Waals surface area contributed by atoms with Crippen LogP contribution in [0.2, 0.25) is 0 Å². The van der Waals surface area contributed by atoms with Crippen molar-refractivity contribution in [1.29, 1.82) is 5.26 Å². The topological polar surface area (TPSA) is 70.1 Å². The van der Waals surface area contributed by atoms with E-state index in [1.54, 1.807) is 4.90 Å². The third-order valence-corrected chi connectivity index (χ3v) is 2.02. The third-order valence-electron chi connectivity index (χ3n) is 2.02. The molecule has 1 rings (SSSR count). The Labute approximate surface area is 71.9 Å². The highest BCUT2D eigenvalue weighted by Crippen LogP contribution is 2.09. The molecule has 12 heavy (non-hydrogen) atoms. The van der Waals surface area contributed by atoms with E-state index in [4.69, 9.17) is 11.0 Å². The number of carbonyl (C=O) groups excluding carboxylic acids is 1. The summed E-state index contributed by atoms with van der Waals surface area (Å²) < 4.78 is 0. The Bertz CT molecular complexity index is 203. The Kier molecular flexibility index (Phi) is 3.06. The highest BCUT2D eigenvalue weighted by Gasteiger charge is 2.19. The van der Waals surface area contributed by atoms with Crippen LogP contribution in [0.4, 0.5) is 0 Å². The number of nitriles is 1. The summed E-state index contributed by atoms with van der Waals surface area (Å²) in [5.74, 6) is 0.0153. The standard InChI is InChI=1S/C8H13N3O/c9-6-7(10)5-8(12)11-3-1-2-4-11/h7H,1-5,10H2. The Balaban J connectivity index is 2.33. The minimum atomic E-state index is -0.641. The molecule has 1 aliphatic rings. The number of rotatable bonds is 2. The molecule has 2 N–H and O–H groups in total. The van der Waals surface area contributed by atoms with Gasteiger partial charge in [-0.1, -0.05) is 0 Å². The summed E-state index contributed by atoms with van der Waals surface area (Å²) in [4.78, 5) is 13.1. The van der Waals surface area contributed by atoms with Crippen LogP contribution in [0.15, 0.2) is 0 Å². The zero-order valence-electron chi connectivity index (χ0n) is 6.99. The molecule has 0 radical (unpaired) electrons. The maximum absolute atomic E-state index is 11.3. The van der Waals surface area contributed by atoms with E-state index in [1.807, 2.05) is 6.07 Å². The van der Waals surface area contributed by atoms with Crippen molar-refractivity contribution in [3.63, 3.8) is 0 Å². The van der Waals surface area contributed by atoms with Crippen LogP contribution in [0.5, 0.6) is 0 Å². The van der Waals surface area contributed by atoms with Gasteiger partial charge in [0.25, 0.3) is 0 Å². The minimum Gasteiger partial charge on any atom is -0.343 e. The van der Waals surface area contributed by atoms with E-state index in [1.165, 1.54) is 0 Å². The van der Waals surface area contributed by atoms with E-state index in [2.05, 4.69) is 0 Å². The van der Waals surface area contributed by atoms with E-state index in [0.29, 0.717) is 0 Å². The molecule has 0 aromatic rings. The Morgan fingerprint density at radius 2 is 2.17 bits per heavy atom. The normalized spacial score (nSPS) is 18.8. The monoisotopic (exact) mass is 167 g/mol. The van der Waals surface area contributed by atoms with Crippen LogP contribution in [0.1, 0.15) is 19.3 Å². The number of carbonyl (C=O) groups is 1. The lowest BCUT2D eigenvalue weighted by Gasteiger charge is -2.15. The largest absolute Gasteiger partial charge is 0.343 e. The van der Waals surface area contributed by atoms with Crippen LogP contribution < -0.4 is 5.73 Å². The van der Waals surface area contributed by atoms with Crippen LogP contribution in [0.25, 0.3) is 0 Å². The van der Waals surface area contributed by atoms with Gasteiger partial charge in [0.15, 0.2) is 0 Å². The van der Waals surface area contributed by atoms with Gasteiger partial charge in [0.05, 0.1) is 12.5 Å². The van der Waals surface area contributed by atoms with E-state index < -0.39 is 6.04 Å². The summed E-state index contributed by atoms with van der Waals surface area (Å²) in [5.41, 5.74) is 5.33. The molecule has 1 aliphatic heterocycles. The van der Waals surface area contributed by atoms with E-state index in [9.17, 15) is 4.79 Å². The molecule has 1 amide bonds. The number of hydrogen-bond acceptors (Lipinski definition) is 3. The zero-order valence-corrected chi connectivity index (χ0v) is 6.99. The fourth-order valence-corrected chi connectivity index (χ4v) is 1.33. The fourth-order valence-electron chi connectivity index (χ4n) is 1.33. The van der Waals surface area contributed by atoms with Crippen molar-refractivity contribution >= 4 is 5.91 Å². The van der Waals surface area contributed by atoms with Crippen LogP contribution in [-0.2, 0) is 4.79 Å². The molecule has 0 aliphatic carbocycles. The van der Waals surface area contributed by atoms with Crippen molar-refractivity contribution < 1.29 is 4.79 Å². The van der Waals surface area contributed by atoms with Gasteiger partial charge in [-0.15, -0.1) is 0 Å². The highest BCUT2D eigenvalue weighted by molar-refractivity contribution is 5.77. The molecule has 1 heterocycles. The summed E-state index contributed by atoms with van der Waals surface area (Å²) in [6.45, 7) is 1.66. The molecule has 4 heteroatoms. The predicted molar refractivity (Wildman–Crippen MR) is 44.0 cm³/mol. The first-order valence-electron chi connectivity index (χ1n) is 4.17. The first kappa shape index (κ1) is 9.01. The highest BCUT2D eigenvalue weighted by atomic mass is 16.2. The molecular weight excluding hydrogens is 154 g/mol. The number of nitrogens with zero attached hydrogens (tertiary/aromatic N) is 2. The predicted octanol–water partition coefficient (Wildman–Crippen LogP) is -0.150. The van der Waals surface area contributed by atoms with Gasteiger partial charge in [-0.25, -0.2) is 0 Å². The summed E-state index contributed by atoms with van der Waals surface area (Å²) in [7, 11) is 0. The Hall–Kier alpha value is -1.08. The van der Waals surface area contributed by atoms with Gasteiger partial charge >= 0.3 is 0 Å². The fraction of sp³-hybridized carbons (Fsp3) is 0.750. The average molecular weight is 167 g/mol. The molecule has 1 unspecified atom stereocenters. The molecule has 0 saturated carbocycles. The maximum atomic E-state index is 11.3. The first-order valence-corrected chi connectivity index (χ1v) is 4.17. The van der Waals surface area contributed by atoms with Crippen LogP contribution >= 0.6 is 0 Å². The molecule has 1 saturated heterocycles. The number of amides is 1. The Morgan fingerprint density at radius 3 is 2.67 bits per heavy atom. The van der Waals surface area contributed by atoms with Gasteiger partial charge in [0, 0.05) is 13.1 Å². The second-order valence-electron chi connectivity index (χ2n) is 3.03. The number of hydrogen-bond donors (Lipinski definition) is 1. The van der Waals surface area contributed by atoms with Gasteiger partial charge in [0.2, 0.25) is 5.91 Å². The van der Waals surface area contributed by atoms with Crippen LogP contribution in [0, 0.1) is 11.3 Å². The van der Waals surface area contributed by atoms with Crippen molar-refractivity contribution in [2.24, 2.45) is 5.73 Å². The molecular formula is C8H13N3O. The van der Waals surface area contributed by atoms with Crippen LogP contribution in [0.3, 0.4) is 0 Å². The minimum absolute atomic E-state index is 0.0153. The first-order chi connectivity index (χ1) is 5.74. The SMILES string of the molecule is N#CC(N)CC(=O)N1CCCC1. The molecule has 0 aromatic heterocycles. The van der Waals surface area contributed by atoms with E-state index >= 15 is 0 Å². The summed E-state index contributed by atoms with van der Waals surface area (Å²) in [6.07, 6.45) is 2.32. The number of nitrogens with two attached hydrogens (primary N) is 1. The third kappa shape index (κ3) is 2.21. The van der Waals surface area contributed by atoms with Crippen molar-refractivity contribution in [1.82, 2.24) is 4.90 Å². The lowest BCUT2D eigenvalue weighted by atomic mass is 10.2. The molecule has 66 valence electrons. The number of likely N-dealkylation sites (tertiary alicyclic amines) is 1. The molecule has 1 atom stereocenters. The second kappa shape index (κ2) is 4.07. The smallest absolute Gasteiger partial charge is 0.225 e. The van der Waals surface area contributed by atoms with Gasteiger partial charge < -0.3 is 10.6 Å². The van der Waals surface area contributed by atoms with Crippen molar-refractivity contribution in [3.05, 3.63) is 0 Å². The molecule has 0 spiro atoms. The van der Waals surface area contributed by atoms with Crippen molar-refractivity contribution in [2.75, 3.05) is 13.1 Å².